The molecule has 32 heavy (non-hydrogen) atoms. The minimum atomic E-state index is -0.767. The van der Waals surface area contributed by atoms with Crippen LogP contribution in [0, 0.1) is 6.92 Å². The van der Waals surface area contributed by atoms with E-state index in [-0.39, 0.29) is 23.7 Å². The second-order valence-corrected chi connectivity index (χ2v) is 8.78. The summed E-state index contributed by atoms with van der Waals surface area (Å²) in [6.45, 7) is 2.33. The molecule has 0 bridgehead atoms. The molecule has 5 nitrogen and oxygen atoms in total. The standard InChI is InChI=1S/C26H33ClN2O3/c1-19-9-11-20(12-10-19)18-29(24(30)17-27)25(21-13-15-23(32-2)16-14-21)26(31)28-22-7-5-3-4-6-8-22/h9-16,22,25H,3-8,17-18H2,1-2H3,(H,28,31)/t25-/m1/s1. The SMILES string of the molecule is COc1ccc([C@H](C(=O)NC2CCCCCC2)N(Cc2ccc(C)cc2)C(=O)CCl)cc1. The number of hydrogen-bond donors (Lipinski definition) is 1. The van der Waals surface area contributed by atoms with Crippen molar-refractivity contribution >= 4 is 23.4 Å². The lowest BCUT2D eigenvalue weighted by atomic mass is 10.0. The molecule has 2 aromatic carbocycles. The zero-order valence-electron chi connectivity index (χ0n) is 19.0. The first kappa shape index (κ1) is 24.1. The number of aryl methyl sites for hydroxylation is 1. The van der Waals surface area contributed by atoms with E-state index in [9.17, 15) is 9.59 Å². The van der Waals surface area contributed by atoms with E-state index in [4.69, 9.17) is 16.3 Å². The van der Waals surface area contributed by atoms with Gasteiger partial charge in [0.1, 0.15) is 17.7 Å². The minimum absolute atomic E-state index is 0.137. The molecule has 1 aliphatic carbocycles. The number of hydrogen-bond acceptors (Lipinski definition) is 3. The Labute approximate surface area is 196 Å². The molecule has 1 atom stereocenters. The van der Waals surface area contributed by atoms with Gasteiger partial charge in [0.15, 0.2) is 0 Å². The maximum absolute atomic E-state index is 13.6. The molecule has 2 aromatic rings. The van der Waals surface area contributed by atoms with Gasteiger partial charge in [0.05, 0.1) is 7.11 Å². The first-order valence-corrected chi connectivity index (χ1v) is 11.9. The molecular weight excluding hydrogens is 424 g/mol. The Kier molecular flexibility index (Phi) is 8.98. The van der Waals surface area contributed by atoms with Gasteiger partial charge < -0.3 is 15.0 Å². The summed E-state index contributed by atoms with van der Waals surface area (Å²) in [6, 6.07) is 14.7. The van der Waals surface area contributed by atoms with E-state index in [0.29, 0.717) is 12.3 Å². The highest BCUT2D eigenvalue weighted by Gasteiger charge is 2.32. The third kappa shape index (κ3) is 6.49. The van der Waals surface area contributed by atoms with E-state index in [1.807, 2.05) is 55.5 Å². The van der Waals surface area contributed by atoms with E-state index < -0.39 is 6.04 Å². The minimum Gasteiger partial charge on any atom is -0.497 e. The topological polar surface area (TPSA) is 58.6 Å². The highest BCUT2D eigenvalue weighted by atomic mass is 35.5. The lowest BCUT2D eigenvalue weighted by Gasteiger charge is -2.32. The van der Waals surface area contributed by atoms with E-state index in [0.717, 1.165) is 42.4 Å². The Morgan fingerprint density at radius 1 is 1.03 bits per heavy atom. The van der Waals surface area contributed by atoms with E-state index in [1.165, 1.54) is 12.8 Å². The lowest BCUT2D eigenvalue weighted by molar-refractivity contribution is -0.140. The molecule has 0 saturated heterocycles. The molecule has 0 spiro atoms. The second-order valence-electron chi connectivity index (χ2n) is 8.51. The molecule has 1 fully saturated rings. The van der Waals surface area contributed by atoms with Crippen LogP contribution in [-0.4, -0.2) is 35.7 Å². The van der Waals surface area contributed by atoms with Crippen LogP contribution in [0.4, 0.5) is 0 Å². The van der Waals surface area contributed by atoms with Gasteiger partial charge in [-0.3, -0.25) is 9.59 Å². The molecular formula is C26H33ClN2O3. The molecule has 0 unspecified atom stereocenters. The van der Waals surface area contributed by atoms with Gasteiger partial charge in [0.25, 0.3) is 0 Å². The molecule has 1 aliphatic rings. The van der Waals surface area contributed by atoms with Gasteiger partial charge in [0.2, 0.25) is 11.8 Å². The van der Waals surface area contributed by atoms with Crippen molar-refractivity contribution in [3.63, 3.8) is 0 Å². The number of rotatable bonds is 8. The number of ether oxygens (including phenoxy) is 1. The van der Waals surface area contributed by atoms with Gasteiger partial charge in [-0.25, -0.2) is 0 Å². The van der Waals surface area contributed by atoms with Crippen molar-refractivity contribution < 1.29 is 14.3 Å². The van der Waals surface area contributed by atoms with Gasteiger partial charge in [-0.1, -0.05) is 67.6 Å². The molecule has 0 aliphatic heterocycles. The molecule has 2 amide bonds. The average Bonchev–Trinajstić information content (AvgIpc) is 3.08. The van der Waals surface area contributed by atoms with Gasteiger partial charge in [-0.15, -0.1) is 11.6 Å². The van der Waals surface area contributed by atoms with Gasteiger partial charge in [-0.05, 0) is 43.0 Å². The van der Waals surface area contributed by atoms with Crippen molar-refractivity contribution in [1.29, 1.82) is 0 Å². The van der Waals surface area contributed by atoms with Crippen LogP contribution in [0.1, 0.15) is 61.3 Å². The van der Waals surface area contributed by atoms with Gasteiger partial charge >= 0.3 is 0 Å². The summed E-state index contributed by atoms with van der Waals surface area (Å²) in [7, 11) is 1.60. The van der Waals surface area contributed by atoms with Crippen LogP contribution in [0.5, 0.6) is 5.75 Å². The number of carbonyl (C=O) groups is 2. The first-order chi connectivity index (χ1) is 15.5. The summed E-state index contributed by atoms with van der Waals surface area (Å²) in [5, 5.41) is 3.23. The predicted octanol–water partition coefficient (Wildman–Crippen LogP) is 5.15. The molecule has 0 heterocycles. The summed E-state index contributed by atoms with van der Waals surface area (Å²) in [6.07, 6.45) is 6.60. The number of halogens is 1. The monoisotopic (exact) mass is 456 g/mol. The van der Waals surface area contributed by atoms with Crippen molar-refractivity contribution in [1.82, 2.24) is 10.2 Å². The maximum Gasteiger partial charge on any atom is 0.247 e. The first-order valence-electron chi connectivity index (χ1n) is 11.4. The molecule has 3 rings (SSSR count). The Bertz CT molecular complexity index is 875. The van der Waals surface area contributed by atoms with E-state index in [1.54, 1.807) is 12.0 Å². The van der Waals surface area contributed by atoms with Crippen LogP contribution in [-0.2, 0) is 16.1 Å². The number of amides is 2. The Morgan fingerprint density at radius 2 is 1.66 bits per heavy atom. The Morgan fingerprint density at radius 3 is 2.22 bits per heavy atom. The van der Waals surface area contributed by atoms with Crippen molar-refractivity contribution in [2.75, 3.05) is 13.0 Å². The van der Waals surface area contributed by atoms with Crippen molar-refractivity contribution in [2.45, 2.75) is 64.1 Å². The van der Waals surface area contributed by atoms with Crippen LogP contribution >= 0.6 is 11.6 Å². The van der Waals surface area contributed by atoms with Crippen LogP contribution in [0.3, 0.4) is 0 Å². The quantitative estimate of drug-likeness (QED) is 0.441. The fourth-order valence-corrected chi connectivity index (χ4v) is 4.41. The number of methoxy groups -OCH3 is 1. The molecule has 1 saturated carbocycles. The predicted molar refractivity (Wildman–Crippen MR) is 128 cm³/mol. The van der Waals surface area contributed by atoms with Crippen LogP contribution in [0.25, 0.3) is 0 Å². The maximum atomic E-state index is 13.6. The van der Waals surface area contributed by atoms with E-state index in [2.05, 4.69) is 5.32 Å². The van der Waals surface area contributed by atoms with Crippen molar-refractivity contribution in [3.8, 4) is 5.75 Å². The molecule has 0 radical (unpaired) electrons. The second kappa shape index (κ2) is 11.9. The number of nitrogens with zero attached hydrogens (tertiary/aromatic N) is 1. The number of alkyl halides is 1. The number of carbonyl (C=O) groups excluding carboxylic acids is 2. The van der Waals surface area contributed by atoms with Gasteiger partial charge in [-0.2, -0.15) is 0 Å². The van der Waals surface area contributed by atoms with Crippen LogP contribution in [0.15, 0.2) is 48.5 Å². The summed E-state index contributed by atoms with van der Waals surface area (Å²) >= 11 is 5.99. The largest absolute Gasteiger partial charge is 0.497 e. The summed E-state index contributed by atoms with van der Waals surface area (Å²) in [5.41, 5.74) is 2.83. The Hall–Kier alpha value is -2.53. The number of benzene rings is 2. The van der Waals surface area contributed by atoms with Gasteiger partial charge in [0, 0.05) is 12.6 Å². The summed E-state index contributed by atoms with van der Waals surface area (Å²) in [4.78, 5) is 28.2. The highest BCUT2D eigenvalue weighted by molar-refractivity contribution is 6.27. The lowest BCUT2D eigenvalue weighted by Crippen LogP contribution is -2.46. The highest BCUT2D eigenvalue weighted by Crippen LogP contribution is 2.27. The molecule has 6 heteroatoms. The summed E-state index contributed by atoms with van der Waals surface area (Å²) in [5.74, 6) is 0.0806. The third-order valence-corrected chi connectivity index (χ3v) is 6.33. The molecule has 172 valence electrons. The molecule has 0 aromatic heterocycles. The third-order valence-electron chi connectivity index (χ3n) is 6.10. The normalized spacial score (nSPS) is 15.5. The average molecular weight is 457 g/mol. The van der Waals surface area contributed by atoms with Crippen molar-refractivity contribution in [2.24, 2.45) is 0 Å². The summed E-state index contributed by atoms with van der Waals surface area (Å²) < 4.78 is 5.28. The fraction of sp³-hybridized carbons (Fsp3) is 0.462. The van der Waals surface area contributed by atoms with E-state index >= 15 is 0 Å². The van der Waals surface area contributed by atoms with Crippen LogP contribution in [0.2, 0.25) is 0 Å². The molecule has 1 N–H and O–H groups in total. The number of nitrogens with one attached hydrogen (secondary N) is 1. The zero-order chi connectivity index (χ0) is 22.9. The van der Waals surface area contributed by atoms with Crippen molar-refractivity contribution in [3.05, 3.63) is 65.2 Å². The zero-order valence-corrected chi connectivity index (χ0v) is 19.7. The fourth-order valence-electron chi connectivity index (χ4n) is 4.25. The van der Waals surface area contributed by atoms with Crippen LogP contribution < -0.4 is 10.1 Å². The smallest absolute Gasteiger partial charge is 0.247 e. The Balaban J connectivity index is 1.93.